The fraction of sp³-hybridized carbons (Fsp3) is 0.263. The Bertz CT molecular complexity index is 869. The first-order valence-electron chi connectivity index (χ1n) is 8.33. The van der Waals surface area contributed by atoms with Crippen LogP contribution in [-0.4, -0.2) is 34.4 Å². The van der Waals surface area contributed by atoms with E-state index in [1.54, 1.807) is 11.0 Å². The van der Waals surface area contributed by atoms with Crippen LogP contribution in [0.2, 0.25) is 0 Å². The van der Waals surface area contributed by atoms with Gasteiger partial charge in [0.05, 0.1) is 17.6 Å². The van der Waals surface area contributed by atoms with Crippen molar-refractivity contribution in [3.8, 4) is 11.3 Å². The Hall–Kier alpha value is -1.41. The summed E-state index contributed by atoms with van der Waals surface area (Å²) in [6.07, 6.45) is 3.87. The van der Waals surface area contributed by atoms with Gasteiger partial charge in [-0.3, -0.25) is 9.69 Å². The SMILES string of the molecule is O=C1/C(=C\c2ccc(-c3ccc(Br)cc3)o2)SC(=S)N1C[C@H]1CCCO1. The van der Waals surface area contributed by atoms with Crippen LogP contribution in [0.1, 0.15) is 18.6 Å². The molecule has 4 nitrogen and oxygen atoms in total. The van der Waals surface area contributed by atoms with E-state index in [2.05, 4.69) is 15.9 Å². The van der Waals surface area contributed by atoms with Gasteiger partial charge in [-0.25, -0.2) is 0 Å². The molecule has 0 aliphatic carbocycles. The lowest BCUT2D eigenvalue weighted by atomic mass is 10.2. The molecule has 2 aromatic rings. The average Bonchev–Trinajstić information content (AvgIpc) is 3.35. The Morgan fingerprint density at radius 1 is 1.27 bits per heavy atom. The number of ether oxygens (including phenoxy) is 1. The van der Waals surface area contributed by atoms with E-state index in [4.69, 9.17) is 21.4 Å². The zero-order valence-electron chi connectivity index (χ0n) is 13.8. The summed E-state index contributed by atoms with van der Waals surface area (Å²) in [5.41, 5.74) is 0.985. The fourth-order valence-electron chi connectivity index (χ4n) is 2.98. The molecule has 2 aliphatic heterocycles. The van der Waals surface area contributed by atoms with Gasteiger partial charge >= 0.3 is 0 Å². The van der Waals surface area contributed by atoms with Gasteiger partial charge in [-0.2, -0.15) is 0 Å². The molecule has 2 saturated heterocycles. The third-order valence-corrected chi connectivity index (χ3v) is 6.22. The van der Waals surface area contributed by atoms with Gasteiger partial charge in [0.25, 0.3) is 5.91 Å². The molecule has 26 heavy (non-hydrogen) atoms. The Morgan fingerprint density at radius 3 is 2.81 bits per heavy atom. The van der Waals surface area contributed by atoms with Gasteiger partial charge in [0, 0.05) is 22.7 Å². The van der Waals surface area contributed by atoms with Gasteiger partial charge in [-0.15, -0.1) is 0 Å². The fourth-order valence-corrected chi connectivity index (χ4v) is 4.50. The van der Waals surface area contributed by atoms with E-state index in [1.807, 2.05) is 36.4 Å². The maximum absolute atomic E-state index is 12.7. The summed E-state index contributed by atoms with van der Waals surface area (Å²) in [5, 5.41) is 0. The largest absolute Gasteiger partial charge is 0.457 e. The second-order valence-corrected chi connectivity index (χ2v) is 8.73. The van der Waals surface area contributed by atoms with E-state index >= 15 is 0 Å². The Morgan fingerprint density at radius 2 is 2.08 bits per heavy atom. The number of hydrogen-bond acceptors (Lipinski definition) is 5. The maximum Gasteiger partial charge on any atom is 0.266 e. The minimum atomic E-state index is -0.0721. The molecule has 0 saturated carbocycles. The van der Waals surface area contributed by atoms with Crippen LogP contribution in [0.5, 0.6) is 0 Å². The first-order valence-corrected chi connectivity index (χ1v) is 10.3. The first kappa shape index (κ1) is 18.0. The molecule has 2 fully saturated rings. The lowest BCUT2D eigenvalue weighted by molar-refractivity contribution is -0.123. The average molecular weight is 450 g/mol. The third-order valence-electron chi connectivity index (χ3n) is 4.31. The molecule has 0 radical (unpaired) electrons. The van der Waals surface area contributed by atoms with Crippen molar-refractivity contribution in [1.82, 2.24) is 4.90 Å². The molecule has 1 aromatic heterocycles. The van der Waals surface area contributed by atoms with Gasteiger partial charge in [0.15, 0.2) is 0 Å². The topological polar surface area (TPSA) is 42.7 Å². The second kappa shape index (κ2) is 7.68. The Labute approximate surface area is 169 Å². The smallest absolute Gasteiger partial charge is 0.266 e. The van der Waals surface area contributed by atoms with Crippen molar-refractivity contribution in [2.45, 2.75) is 18.9 Å². The highest BCUT2D eigenvalue weighted by atomic mass is 79.9. The van der Waals surface area contributed by atoms with Crippen LogP contribution in [0.3, 0.4) is 0 Å². The highest BCUT2D eigenvalue weighted by molar-refractivity contribution is 9.10. The number of furan rings is 1. The highest BCUT2D eigenvalue weighted by Gasteiger charge is 2.34. The number of nitrogens with zero attached hydrogens (tertiary/aromatic N) is 1. The van der Waals surface area contributed by atoms with Crippen molar-refractivity contribution in [3.63, 3.8) is 0 Å². The van der Waals surface area contributed by atoms with Crippen LogP contribution in [0.25, 0.3) is 17.4 Å². The number of thioether (sulfide) groups is 1. The summed E-state index contributed by atoms with van der Waals surface area (Å²) in [6, 6.07) is 11.7. The number of halogens is 1. The van der Waals surface area contributed by atoms with Crippen LogP contribution in [0.15, 0.2) is 50.2 Å². The minimum absolute atomic E-state index is 0.0721. The Kier molecular flexibility index (Phi) is 5.31. The van der Waals surface area contributed by atoms with E-state index in [-0.39, 0.29) is 12.0 Å². The third kappa shape index (κ3) is 3.81. The van der Waals surface area contributed by atoms with Gasteiger partial charge in [0.1, 0.15) is 15.8 Å². The van der Waals surface area contributed by atoms with Crippen molar-refractivity contribution < 1.29 is 13.9 Å². The Balaban J connectivity index is 1.50. The number of hydrogen-bond donors (Lipinski definition) is 0. The van der Waals surface area contributed by atoms with Crippen LogP contribution in [-0.2, 0) is 9.53 Å². The normalized spacial score (nSPS) is 22.0. The van der Waals surface area contributed by atoms with Gasteiger partial charge < -0.3 is 9.15 Å². The van der Waals surface area contributed by atoms with Gasteiger partial charge in [-0.05, 0) is 37.1 Å². The van der Waals surface area contributed by atoms with Crippen LogP contribution >= 0.6 is 39.9 Å². The predicted molar refractivity (Wildman–Crippen MR) is 111 cm³/mol. The van der Waals surface area contributed by atoms with Gasteiger partial charge in [0.2, 0.25) is 0 Å². The van der Waals surface area contributed by atoms with E-state index in [0.717, 1.165) is 35.2 Å². The molecule has 0 unspecified atom stereocenters. The van der Waals surface area contributed by atoms with E-state index in [0.29, 0.717) is 21.5 Å². The summed E-state index contributed by atoms with van der Waals surface area (Å²) in [4.78, 5) is 14.9. The molecule has 4 rings (SSSR count). The highest BCUT2D eigenvalue weighted by Crippen LogP contribution is 2.34. The van der Waals surface area contributed by atoms with E-state index in [9.17, 15) is 4.79 Å². The molecular formula is C19H16BrNO3S2. The second-order valence-electron chi connectivity index (χ2n) is 6.14. The number of rotatable bonds is 4. The molecule has 0 spiro atoms. The zero-order chi connectivity index (χ0) is 18.1. The quantitative estimate of drug-likeness (QED) is 0.480. The first-order chi connectivity index (χ1) is 12.6. The summed E-state index contributed by atoms with van der Waals surface area (Å²) >= 11 is 10.1. The molecule has 0 N–H and O–H groups in total. The number of carbonyl (C=O) groups excluding carboxylic acids is 1. The number of thiocarbonyl (C=S) groups is 1. The standard InChI is InChI=1S/C19H16BrNO3S2/c20-13-5-3-12(4-6-13)16-8-7-14(24-16)10-17-18(22)21(19(25)26-17)11-15-2-1-9-23-15/h3-8,10,15H,1-2,9,11H2/b17-10+/t15-/m1/s1. The van der Waals surface area contributed by atoms with Crippen molar-refractivity contribution in [2.24, 2.45) is 0 Å². The number of benzene rings is 1. The molecule has 3 heterocycles. The van der Waals surface area contributed by atoms with Crippen LogP contribution in [0.4, 0.5) is 0 Å². The summed E-state index contributed by atoms with van der Waals surface area (Å²) in [7, 11) is 0. The molecular weight excluding hydrogens is 434 g/mol. The minimum Gasteiger partial charge on any atom is -0.457 e. The lowest BCUT2D eigenvalue weighted by Crippen LogP contribution is -2.35. The van der Waals surface area contributed by atoms with Crippen molar-refractivity contribution >= 4 is 56.2 Å². The van der Waals surface area contributed by atoms with Crippen LogP contribution < -0.4 is 0 Å². The molecule has 1 amide bonds. The molecule has 134 valence electrons. The van der Waals surface area contributed by atoms with E-state index < -0.39 is 0 Å². The van der Waals surface area contributed by atoms with Crippen molar-refractivity contribution in [1.29, 1.82) is 0 Å². The lowest BCUT2D eigenvalue weighted by Gasteiger charge is -2.18. The van der Waals surface area contributed by atoms with Crippen molar-refractivity contribution in [2.75, 3.05) is 13.2 Å². The molecule has 2 aliphatic rings. The molecule has 1 aromatic carbocycles. The molecule has 0 bridgehead atoms. The van der Waals surface area contributed by atoms with Gasteiger partial charge in [-0.1, -0.05) is 52.0 Å². The molecule has 7 heteroatoms. The number of amides is 1. The monoisotopic (exact) mass is 449 g/mol. The summed E-state index contributed by atoms with van der Waals surface area (Å²) in [5.74, 6) is 1.33. The zero-order valence-corrected chi connectivity index (χ0v) is 17.0. The number of carbonyl (C=O) groups is 1. The maximum atomic E-state index is 12.7. The van der Waals surface area contributed by atoms with Crippen LogP contribution in [0, 0.1) is 0 Å². The van der Waals surface area contributed by atoms with E-state index in [1.165, 1.54) is 11.8 Å². The summed E-state index contributed by atoms with van der Waals surface area (Å²) < 4.78 is 13.1. The predicted octanol–water partition coefficient (Wildman–Crippen LogP) is 5.09. The van der Waals surface area contributed by atoms with Crippen molar-refractivity contribution in [3.05, 3.63) is 51.5 Å². The molecule has 1 atom stereocenters. The summed E-state index contributed by atoms with van der Waals surface area (Å²) in [6.45, 7) is 1.30.